The lowest BCUT2D eigenvalue weighted by molar-refractivity contribution is 0.344. The van der Waals surface area contributed by atoms with Gasteiger partial charge in [-0.25, -0.2) is 13.1 Å². The van der Waals surface area contributed by atoms with E-state index in [0.717, 1.165) is 19.6 Å². The molecule has 7 heteroatoms. The monoisotopic (exact) mass is 321 g/mol. The Morgan fingerprint density at radius 3 is 2.68 bits per heavy atom. The molecule has 2 heterocycles. The number of nitrogens with zero attached hydrogens (tertiary/aromatic N) is 1. The lowest BCUT2D eigenvalue weighted by Crippen LogP contribution is -2.33. The molecule has 0 bridgehead atoms. The fourth-order valence-corrected chi connectivity index (χ4v) is 3.78. The van der Waals surface area contributed by atoms with Crippen LogP contribution in [0.2, 0.25) is 0 Å². The summed E-state index contributed by atoms with van der Waals surface area (Å²) >= 11 is 0. The number of nitrogens with one attached hydrogen (secondary N) is 2. The van der Waals surface area contributed by atoms with Gasteiger partial charge in [0.05, 0.1) is 4.90 Å². The van der Waals surface area contributed by atoms with E-state index in [1.165, 1.54) is 25.0 Å². The standard InChI is InChI=1S/C15H19N3O3S/c19-15-6-3-12-11-13(4-5-14(12)17-15)22(20,21)16-7-10-18-8-1-2-9-18/h3-6,11,16H,1-2,7-10H2,(H,17,19). The van der Waals surface area contributed by atoms with Crippen LogP contribution in [0.3, 0.4) is 0 Å². The largest absolute Gasteiger partial charge is 0.322 e. The summed E-state index contributed by atoms with van der Waals surface area (Å²) in [5.74, 6) is 0. The molecule has 2 aromatic rings. The molecule has 0 saturated carbocycles. The van der Waals surface area contributed by atoms with E-state index in [1.807, 2.05) is 0 Å². The molecule has 0 radical (unpaired) electrons. The van der Waals surface area contributed by atoms with Crippen molar-refractivity contribution in [1.82, 2.24) is 14.6 Å². The molecule has 0 spiro atoms. The Hall–Kier alpha value is -1.70. The van der Waals surface area contributed by atoms with Gasteiger partial charge in [-0.3, -0.25) is 4.79 Å². The summed E-state index contributed by atoms with van der Waals surface area (Å²) in [5, 5.41) is 0.696. The Labute approximate surface area is 129 Å². The maximum Gasteiger partial charge on any atom is 0.248 e. The summed E-state index contributed by atoms with van der Waals surface area (Å²) in [4.78, 5) is 16.4. The van der Waals surface area contributed by atoms with Crippen molar-refractivity contribution in [3.05, 3.63) is 40.7 Å². The van der Waals surface area contributed by atoms with Crippen LogP contribution in [-0.2, 0) is 10.0 Å². The number of pyridine rings is 1. The smallest absolute Gasteiger partial charge is 0.248 e. The topological polar surface area (TPSA) is 82.3 Å². The molecular formula is C15H19N3O3S. The van der Waals surface area contributed by atoms with Gasteiger partial charge in [-0.1, -0.05) is 0 Å². The fraction of sp³-hybridized carbons (Fsp3) is 0.400. The highest BCUT2D eigenvalue weighted by molar-refractivity contribution is 7.89. The molecule has 1 aliphatic rings. The molecule has 118 valence electrons. The van der Waals surface area contributed by atoms with Gasteiger partial charge in [-0.2, -0.15) is 0 Å². The second-order valence-electron chi connectivity index (χ2n) is 5.52. The predicted molar refractivity (Wildman–Crippen MR) is 85.4 cm³/mol. The van der Waals surface area contributed by atoms with E-state index >= 15 is 0 Å². The summed E-state index contributed by atoms with van der Waals surface area (Å²) < 4.78 is 27.3. The third-order valence-electron chi connectivity index (χ3n) is 3.92. The Morgan fingerprint density at radius 1 is 1.14 bits per heavy atom. The second-order valence-corrected chi connectivity index (χ2v) is 7.29. The SMILES string of the molecule is O=c1ccc2cc(S(=O)(=O)NCCN3CCCC3)ccc2[nH]1. The summed E-state index contributed by atoms with van der Waals surface area (Å²) in [6.45, 7) is 3.24. The van der Waals surface area contributed by atoms with Crippen LogP contribution in [0.5, 0.6) is 0 Å². The van der Waals surface area contributed by atoms with Gasteiger partial charge in [-0.15, -0.1) is 0 Å². The molecule has 0 amide bonds. The zero-order valence-corrected chi connectivity index (χ0v) is 13.0. The maximum atomic E-state index is 12.3. The zero-order chi connectivity index (χ0) is 15.6. The van der Waals surface area contributed by atoms with Crippen LogP contribution in [0.1, 0.15) is 12.8 Å². The van der Waals surface area contributed by atoms with Crippen LogP contribution < -0.4 is 10.3 Å². The van der Waals surface area contributed by atoms with Crippen LogP contribution in [0.25, 0.3) is 10.9 Å². The van der Waals surface area contributed by atoms with E-state index in [0.29, 0.717) is 17.4 Å². The lowest BCUT2D eigenvalue weighted by Gasteiger charge is -2.15. The molecule has 0 atom stereocenters. The van der Waals surface area contributed by atoms with E-state index < -0.39 is 10.0 Å². The molecule has 1 saturated heterocycles. The van der Waals surface area contributed by atoms with Gasteiger partial charge >= 0.3 is 0 Å². The zero-order valence-electron chi connectivity index (χ0n) is 12.2. The fourth-order valence-electron chi connectivity index (χ4n) is 2.73. The molecule has 2 N–H and O–H groups in total. The van der Waals surface area contributed by atoms with Crippen LogP contribution in [-0.4, -0.2) is 44.5 Å². The molecule has 1 aliphatic heterocycles. The van der Waals surface area contributed by atoms with Crippen molar-refractivity contribution in [1.29, 1.82) is 0 Å². The van der Waals surface area contributed by atoms with Crippen molar-refractivity contribution in [2.75, 3.05) is 26.2 Å². The minimum Gasteiger partial charge on any atom is -0.322 e. The van der Waals surface area contributed by atoms with Crippen molar-refractivity contribution in [3.8, 4) is 0 Å². The van der Waals surface area contributed by atoms with Gasteiger partial charge in [0.25, 0.3) is 0 Å². The normalized spacial score (nSPS) is 16.4. The van der Waals surface area contributed by atoms with Crippen LogP contribution in [0.4, 0.5) is 0 Å². The Kier molecular flexibility index (Phi) is 4.28. The third-order valence-corrected chi connectivity index (χ3v) is 5.38. The Morgan fingerprint density at radius 2 is 1.91 bits per heavy atom. The minimum absolute atomic E-state index is 0.202. The van der Waals surface area contributed by atoms with Crippen LogP contribution in [0.15, 0.2) is 40.0 Å². The molecule has 1 fully saturated rings. The second kappa shape index (κ2) is 6.20. The van der Waals surface area contributed by atoms with Crippen molar-refractivity contribution < 1.29 is 8.42 Å². The van der Waals surface area contributed by atoms with Crippen molar-refractivity contribution in [3.63, 3.8) is 0 Å². The quantitative estimate of drug-likeness (QED) is 0.857. The van der Waals surface area contributed by atoms with E-state index in [2.05, 4.69) is 14.6 Å². The van der Waals surface area contributed by atoms with Crippen LogP contribution >= 0.6 is 0 Å². The Balaban J connectivity index is 1.73. The van der Waals surface area contributed by atoms with Gasteiger partial charge in [-0.05, 0) is 55.6 Å². The summed E-state index contributed by atoms with van der Waals surface area (Å²) in [7, 11) is -3.52. The molecule has 1 aromatic heterocycles. The average molecular weight is 321 g/mol. The number of fused-ring (bicyclic) bond motifs is 1. The molecular weight excluding hydrogens is 302 g/mol. The van der Waals surface area contributed by atoms with Gasteiger partial charge in [0.1, 0.15) is 0 Å². The highest BCUT2D eigenvalue weighted by Crippen LogP contribution is 2.16. The number of aromatic amines is 1. The molecule has 22 heavy (non-hydrogen) atoms. The van der Waals surface area contributed by atoms with E-state index in [9.17, 15) is 13.2 Å². The number of benzene rings is 1. The number of likely N-dealkylation sites (tertiary alicyclic amines) is 1. The summed E-state index contributed by atoms with van der Waals surface area (Å²) in [6.07, 6.45) is 2.38. The van der Waals surface area contributed by atoms with E-state index in [-0.39, 0.29) is 10.5 Å². The van der Waals surface area contributed by atoms with Crippen molar-refractivity contribution in [2.45, 2.75) is 17.7 Å². The van der Waals surface area contributed by atoms with Gasteiger partial charge in [0.2, 0.25) is 15.6 Å². The van der Waals surface area contributed by atoms with Crippen LogP contribution in [0, 0.1) is 0 Å². The highest BCUT2D eigenvalue weighted by atomic mass is 32.2. The number of hydrogen-bond donors (Lipinski definition) is 2. The van der Waals surface area contributed by atoms with Gasteiger partial charge in [0, 0.05) is 24.7 Å². The first-order valence-electron chi connectivity index (χ1n) is 7.40. The van der Waals surface area contributed by atoms with E-state index in [4.69, 9.17) is 0 Å². The predicted octanol–water partition coefficient (Wildman–Crippen LogP) is 0.902. The first kappa shape index (κ1) is 15.2. The molecule has 0 aliphatic carbocycles. The minimum atomic E-state index is -3.52. The summed E-state index contributed by atoms with van der Waals surface area (Å²) in [5.41, 5.74) is 0.426. The number of sulfonamides is 1. The van der Waals surface area contributed by atoms with Crippen molar-refractivity contribution >= 4 is 20.9 Å². The van der Waals surface area contributed by atoms with Gasteiger partial charge < -0.3 is 9.88 Å². The third kappa shape index (κ3) is 3.37. The summed E-state index contributed by atoms with van der Waals surface area (Å²) in [6, 6.07) is 7.71. The molecule has 6 nitrogen and oxygen atoms in total. The Bertz CT molecular complexity index is 823. The molecule has 0 unspecified atom stereocenters. The molecule has 1 aromatic carbocycles. The average Bonchev–Trinajstić information content (AvgIpc) is 2.99. The van der Waals surface area contributed by atoms with Gasteiger partial charge in [0.15, 0.2) is 0 Å². The van der Waals surface area contributed by atoms with E-state index in [1.54, 1.807) is 18.2 Å². The number of hydrogen-bond acceptors (Lipinski definition) is 4. The number of rotatable bonds is 5. The first-order valence-corrected chi connectivity index (χ1v) is 8.88. The first-order chi connectivity index (χ1) is 10.5. The molecule has 3 rings (SSSR count). The van der Waals surface area contributed by atoms with Crippen molar-refractivity contribution in [2.24, 2.45) is 0 Å². The highest BCUT2D eigenvalue weighted by Gasteiger charge is 2.16. The number of H-pyrrole nitrogens is 1. The lowest BCUT2D eigenvalue weighted by atomic mass is 10.2. The maximum absolute atomic E-state index is 12.3. The number of aromatic nitrogens is 1.